The summed E-state index contributed by atoms with van der Waals surface area (Å²) in [5.74, 6) is 2.09. The first kappa shape index (κ1) is 19.4. The van der Waals surface area contributed by atoms with E-state index in [1.54, 1.807) is 31.4 Å². The molecule has 1 aromatic heterocycles. The highest BCUT2D eigenvalue weighted by Crippen LogP contribution is 2.41. The fourth-order valence-electron chi connectivity index (χ4n) is 3.87. The summed E-state index contributed by atoms with van der Waals surface area (Å²) in [6.45, 7) is 0.701. The summed E-state index contributed by atoms with van der Waals surface area (Å²) in [5.41, 5.74) is 3.65. The van der Waals surface area contributed by atoms with Gasteiger partial charge >= 0.3 is 0 Å². The van der Waals surface area contributed by atoms with Gasteiger partial charge in [0, 0.05) is 23.5 Å². The quantitative estimate of drug-likeness (QED) is 0.582. The minimum Gasteiger partial charge on any atom is -0.593 e. The molecule has 0 bridgehead atoms. The summed E-state index contributed by atoms with van der Waals surface area (Å²) in [4.78, 5) is 10.0. The van der Waals surface area contributed by atoms with Crippen LogP contribution in [0.4, 0.5) is 0 Å². The normalized spacial score (nSPS) is 18.5. The van der Waals surface area contributed by atoms with Crippen molar-refractivity contribution in [1.29, 1.82) is 0 Å². The first-order valence-electron chi connectivity index (χ1n) is 10.2. The van der Waals surface area contributed by atoms with Crippen LogP contribution in [0.25, 0.3) is 11.3 Å². The van der Waals surface area contributed by atoms with Gasteiger partial charge in [0.25, 0.3) is 0 Å². The summed E-state index contributed by atoms with van der Waals surface area (Å²) in [5, 5.41) is 0. The molecule has 0 radical (unpaired) electrons. The van der Waals surface area contributed by atoms with Crippen LogP contribution in [0.15, 0.2) is 59.5 Å². The van der Waals surface area contributed by atoms with E-state index < -0.39 is 10.4 Å². The Labute approximate surface area is 177 Å². The predicted molar refractivity (Wildman–Crippen MR) is 114 cm³/mol. The molecule has 30 heavy (non-hydrogen) atoms. The molecule has 1 aliphatic heterocycles. The molecule has 0 N–H and O–H groups in total. The number of ether oxygens (including phenoxy) is 1. The lowest BCUT2D eigenvalue weighted by atomic mass is 10.00. The minimum absolute atomic E-state index is 0.277. The van der Waals surface area contributed by atoms with E-state index in [0.717, 1.165) is 46.9 Å². The number of nitrogens with zero attached hydrogens (tertiary/aromatic N) is 3. The van der Waals surface area contributed by atoms with Gasteiger partial charge < -0.3 is 9.29 Å². The Morgan fingerprint density at radius 1 is 1.07 bits per heavy atom. The second-order valence-corrected chi connectivity index (χ2v) is 9.70. The van der Waals surface area contributed by atoms with Crippen LogP contribution in [-0.4, -0.2) is 32.5 Å². The van der Waals surface area contributed by atoms with E-state index in [1.807, 2.05) is 30.3 Å². The number of hydrogen-bond acceptors (Lipinski definition) is 5. The van der Waals surface area contributed by atoms with Crippen molar-refractivity contribution in [2.75, 3.05) is 13.7 Å². The molecule has 1 aliphatic carbocycles. The van der Waals surface area contributed by atoms with Crippen molar-refractivity contribution in [3.05, 3.63) is 71.7 Å². The van der Waals surface area contributed by atoms with Gasteiger partial charge in [-0.05, 0) is 49.2 Å². The Hall–Kier alpha value is -2.61. The number of hydrogen-bond donors (Lipinski definition) is 0. The van der Waals surface area contributed by atoms with Crippen LogP contribution in [0.2, 0.25) is 0 Å². The lowest BCUT2D eigenvalue weighted by molar-refractivity contribution is 0.337. The lowest BCUT2D eigenvalue weighted by Gasteiger charge is -2.32. The molecule has 5 rings (SSSR count). The van der Waals surface area contributed by atoms with Gasteiger partial charge in [-0.1, -0.05) is 22.4 Å². The molecule has 2 aliphatic rings. The first-order chi connectivity index (χ1) is 14.6. The van der Waals surface area contributed by atoms with Gasteiger partial charge in [-0.3, -0.25) is 0 Å². The largest absolute Gasteiger partial charge is 0.593 e. The molecule has 0 spiro atoms. The fraction of sp³-hybridized carbons (Fsp3) is 0.304. The highest BCUT2D eigenvalue weighted by atomic mass is 32.3. The average molecular weight is 422 g/mol. The Morgan fingerprint density at radius 2 is 1.80 bits per heavy atom. The second kappa shape index (κ2) is 7.58. The maximum absolute atomic E-state index is 13.2. The third-order valence-electron chi connectivity index (χ3n) is 5.73. The lowest BCUT2D eigenvalue weighted by Crippen LogP contribution is -2.40. The number of benzene rings is 2. The number of methoxy groups -OCH3 is 1. The van der Waals surface area contributed by atoms with Gasteiger partial charge in [0.2, 0.25) is 0 Å². The third kappa shape index (κ3) is 3.53. The van der Waals surface area contributed by atoms with Crippen molar-refractivity contribution in [3.8, 4) is 17.0 Å². The van der Waals surface area contributed by atoms with Crippen LogP contribution >= 0.6 is 0 Å². The fourth-order valence-corrected chi connectivity index (χ4v) is 5.30. The zero-order valence-electron chi connectivity index (χ0n) is 16.8. The van der Waals surface area contributed by atoms with Crippen molar-refractivity contribution >= 4 is 10.4 Å². The summed E-state index contributed by atoms with van der Waals surface area (Å²) in [7, 11) is -1.93. The summed E-state index contributed by atoms with van der Waals surface area (Å²) in [6, 6.07) is 16.4. The van der Waals surface area contributed by atoms with Gasteiger partial charge in [0.05, 0.1) is 31.6 Å². The standard InChI is InChI=1S/C23H23N3O3S/c1-29-18-11-9-16(10-12-18)22-20-15-26(30(27,28)19-5-3-2-4-6-19)14-13-21(20)24-23(25-22)17-7-8-17/h2-6,9-12,17H,7-8,13-15H2,1H3. The molecule has 6 nitrogen and oxygen atoms in total. The molecule has 0 saturated heterocycles. The average Bonchev–Trinajstić information content (AvgIpc) is 3.64. The van der Waals surface area contributed by atoms with Crippen molar-refractivity contribution in [2.24, 2.45) is 0 Å². The monoisotopic (exact) mass is 421 g/mol. The van der Waals surface area contributed by atoms with Gasteiger partial charge in [-0.25, -0.2) is 9.97 Å². The van der Waals surface area contributed by atoms with Crippen molar-refractivity contribution in [2.45, 2.75) is 36.6 Å². The van der Waals surface area contributed by atoms with Crippen molar-refractivity contribution < 1.29 is 13.5 Å². The van der Waals surface area contributed by atoms with Crippen LogP contribution in [0.3, 0.4) is 0 Å². The number of aromatic nitrogens is 2. The van der Waals surface area contributed by atoms with Crippen molar-refractivity contribution in [1.82, 2.24) is 14.3 Å². The van der Waals surface area contributed by atoms with Crippen LogP contribution < -0.4 is 4.74 Å². The highest BCUT2D eigenvalue weighted by Gasteiger charge is 2.36. The van der Waals surface area contributed by atoms with Crippen LogP contribution in [0.1, 0.15) is 35.8 Å². The predicted octanol–water partition coefficient (Wildman–Crippen LogP) is 3.99. The molecule has 2 aromatic carbocycles. The second-order valence-electron chi connectivity index (χ2n) is 7.76. The Balaban J connectivity index is 1.56. The molecular formula is C23H23N3O3S. The maximum atomic E-state index is 13.2. The van der Waals surface area contributed by atoms with Gasteiger partial charge in [-0.2, -0.15) is 0 Å². The van der Waals surface area contributed by atoms with Crippen molar-refractivity contribution in [3.63, 3.8) is 0 Å². The van der Waals surface area contributed by atoms with E-state index in [2.05, 4.69) is 0 Å². The van der Waals surface area contributed by atoms with E-state index in [1.165, 1.54) is 4.31 Å². The molecule has 1 atom stereocenters. The third-order valence-corrected chi connectivity index (χ3v) is 7.59. The molecule has 7 heteroatoms. The van der Waals surface area contributed by atoms with Gasteiger partial charge in [-0.15, -0.1) is 4.31 Å². The zero-order chi connectivity index (χ0) is 20.7. The first-order valence-corrected chi connectivity index (χ1v) is 11.6. The molecule has 2 heterocycles. The van der Waals surface area contributed by atoms with E-state index in [-0.39, 0.29) is 6.54 Å². The highest BCUT2D eigenvalue weighted by molar-refractivity contribution is 7.95. The summed E-state index contributed by atoms with van der Waals surface area (Å²) < 4.78 is 33.2. The zero-order valence-corrected chi connectivity index (χ0v) is 17.6. The maximum Gasteiger partial charge on any atom is 0.175 e. The topological polar surface area (TPSA) is 78.4 Å². The number of rotatable bonds is 5. The molecule has 1 saturated carbocycles. The summed E-state index contributed by atoms with van der Waals surface area (Å²) >= 11 is 0. The smallest absolute Gasteiger partial charge is 0.175 e. The molecule has 1 unspecified atom stereocenters. The van der Waals surface area contributed by atoms with E-state index in [4.69, 9.17) is 14.7 Å². The van der Waals surface area contributed by atoms with E-state index in [0.29, 0.717) is 23.8 Å². The van der Waals surface area contributed by atoms with Crippen LogP contribution in [0, 0.1) is 0 Å². The van der Waals surface area contributed by atoms with Crippen LogP contribution in [0.5, 0.6) is 5.75 Å². The molecular weight excluding hydrogens is 398 g/mol. The molecule has 1 fully saturated rings. The Bertz CT molecular complexity index is 1110. The Kier molecular flexibility index (Phi) is 4.89. The van der Waals surface area contributed by atoms with Gasteiger partial charge in [0.15, 0.2) is 15.3 Å². The molecule has 3 aromatic rings. The van der Waals surface area contributed by atoms with E-state index >= 15 is 0 Å². The van der Waals surface area contributed by atoms with E-state index in [9.17, 15) is 8.76 Å². The molecule has 0 amide bonds. The van der Waals surface area contributed by atoms with Gasteiger partial charge in [0.1, 0.15) is 11.6 Å². The minimum atomic E-state index is -3.57. The summed E-state index contributed by atoms with van der Waals surface area (Å²) in [6.07, 6.45) is 2.83. The SMILES string of the molecule is COc1ccc(-c2nc(C3CC3)nc3c2CN([S+](=O)([O-])c2ccccc2)CC3)cc1. The Morgan fingerprint density at radius 3 is 2.47 bits per heavy atom. The number of sulfonamides is 1. The number of fused-ring (bicyclic) bond motifs is 1. The van der Waals surface area contributed by atoms with Crippen LogP contribution in [-0.2, 0) is 27.6 Å². The molecule has 154 valence electrons.